The zero-order valence-corrected chi connectivity index (χ0v) is 30.0. The summed E-state index contributed by atoms with van der Waals surface area (Å²) in [6, 6.07) is 58.8. The molecule has 0 radical (unpaired) electrons. The van der Waals surface area contributed by atoms with E-state index in [1.54, 1.807) is 0 Å². The number of benzene rings is 6. The van der Waals surface area contributed by atoms with Gasteiger partial charge in [0.1, 0.15) is 0 Å². The average Bonchev–Trinajstić information content (AvgIpc) is 3.42. The van der Waals surface area contributed by atoms with Crippen LogP contribution in [0.2, 0.25) is 0 Å². The summed E-state index contributed by atoms with van der Waals surface area (Å²) in [6.07, 6.45) is 2.22. The van der Waals surface area contributed by atoms with Crippen LogP contribution in [-0.4, -0.2) is 4.98 Å². The number of pyridine rings is 1. The molecule has 1 aliphatic rings. The molecule has 0 bridgehead atoms. The summed E-state index contributed by atoms with van der Waals surface area (Å²) in [6.45, 7) is 6.70. The fourth-order valence-corrected chi connectivity index (χ4v) is 8.03. The van der Waals surface area contributed by atoms with E-state index in [0.717, 1.165) is 33.6 Å². The van der Waals surface area contributed by atoms with Crippen LogP contribution in [0, 0.1) is 0 Å². The molecule has 1 aliphatic carbocycles. The Kier molecular flexibility index (Phi) is 8.63. The zero-order valence-electron chi connectivity index (χ0n) is 29.1. The Morgan fingerprint density at radius 1 is 0.451 bits per heavy atom. The Labute approximate surface area is 307 Å². The summed E-state index contributed by atoms with van der Waals surface area (Å²) >= 11 is 4.61. The number of aromatic nitrogens is 1. The van der Waals surface area contributed by atoms with E-state index in [9.17, 15) is 0 Å². The van der Waals surface area contributed by atoms with Crippen LogP contribution in [0.4, 0.5) is 0 Å². The molecular formula is C49H39NS. The van der Waals surface area contributed by atoms with Crippen LogP contribution in [0.1, 0.15) is 31.9 Å². The minimum absolute atomic E-state index is 0.0833. The second-order valence-corrected chi connectivity index (χ2v) is 14.0. The SMILES string of the molecule is CC=C1/C(=C\S)C(C)(C)c2ccc(-c3ccc(-c4cccc(-c5cc(-c6ccccc6)nc(-c6ccccc6)c5)c4)c(-c4ccccc4)c3)cc21. The van der Waals surface area contributed by atoms with Crippen molar-refractivity contribution >= 4 is 18.2 Å². The third kappa shape index (κ3) is 6.07. The first-order valence-corrected chi connectivity index (χ1v) is 18.1. The predicted molar refractivity (Wildman–Crippen MR) is 221 cm³/mol. The molecule has 6 aromatic carbocycles. The minimum Gasteiger partial charge on any atom is -0.248 e. The van der Waals surface area contributed by atoms with E-state index in [4.69, 9.17) is 4.98 Å². The molecule has 1 nitrogen and oxygen atoms in total. The van der Waals surface area contributed by atoms with Gasteiger partial charge in [-0.05, 0) is 109 Å². The Bertz CT molecular complexity index is 2380. The molecule has 0 aliphatic heterocycles. The smallest absolute Gasteiger partial charge is 0.0715 e. The van der Waals surface area contributed by atoms with Crippen LogP contribution in [0.15, 0.2) is 181 Å². The van der Waals surface area contributed by atoms with Crippen molar-refractivity contribution in [2.24, 2.45) is 0 Å². The fourth-order valence-electron chi connectivity index (χ4n) is 7.57. The first-order chi connectivity index (χ1) is 24.9. The normalized spacial score (nSPS) is 14.9. The van der Waals surface area contributed by atoms with Crippen LogP contribution in [0.3, 0.4) is 0 Å². The third-order valence-corrected chi connectivity index (χ3v) is 10.5. The zero-order chi connectivity index (χ0) is 35.0. The van der Waals surface area contributed by atoms with Crippen LogP contribution in [0.5, 0.6) is 0 Å². The van der Waals surface area contributed by atoms with Gasteiger partial charge in [0.05, 0.1) is 11.4 Å². The van der Waals surface area contributed by atoms with Crippen molar-refractivity contribution in [3.8, 4) is 67.0 Å². The van der Waals surface area contributed by atoms with E-state index in [0.29, 0.717) is 0 Å². The number of allylic oxidation sites excluding steroid dienone is 3. The summed E-state index contributed by atoms with van der Waals surface area (Å²) in [4.78, 5) is 5.11. The molecule has 246 valence electrons. The van der Waals surface area contributed by atoms with E-state index < -0.39 is 0 Å². The van der Waals surface area contributed by atoms with Gasteiger partial charge in [-0.25, -0.2) is 4.98 Å². The van der Waals surface area contributed by atoms with E-state index in [-0.39, 0.29) is 5.41 Å². The largest absolute Gasteiger partial charge is 0.248 e. The second-order valence-electron chi connectivity index (χ2n) is 13.7. The lowest BCUT2D eigenvalue weighted by Gasteiger charge is -2.21. The number of thiol groups is 1. The van der Waals surface area contributed by atoms with Gasteiger partial charge in [0.2, 0.25) is 0 Å². The molecule has 0 fully saturated rings. The highest BCUT2D eigenvalue weighted by Crippen LogP contribution is 2.51. The highest BCUT2D eigenvalue weighted by Gasteiger charge is 2.37. The standard InChI is InChI=1S/C49H39NS/c1-4-41-44-29-38(24-26-45(44)49(2,3)46(41)32-51)37-23-25-42(43(28-37)33-15-8-5-9-16-33)39-22-14-21-36(27-39)40-30-47(34-17-10-6-11-18-34)50-48(31-40)35-19-12-7-13-20-35/h4-32,51H,1-3H3/b41-4?,46-32+. The van der Waals surface area contributed by atoms with Gasteiger partial charge in [0.15, 0.2) is 0 Å². The Hall–Kier alpha value is -5.70. The molecule has 0 atom stereocenters. The predicted octanol–water partition coefficient (Wildman–Crippen LogP) is 13.6. The van der Waals surface area contributed by atoms with Crippen molar-refractivity contribution in [1.82, 2.24) is 4.98 Å². The monoisotopic (exact) mass is 673 g/mol. The third-order valence-electron chi connectivity index (χ3n) is 10.3. The first-order valence-electron chi connectivity index (χ1n) is 17.5. The van der Waals surface area contributed by atoms with Crippen molar-refractivity contribution in [2.75, 3.05) is 0 Å². The van der Waals surface area contributed by atoms with Gasteiger partial charge < -0.3 is 0 Å². The van der Waals surface area contributed by atoms with E-state index in [1.807, 2.05) is 17.5 Å². The average molecular weight is 674 g/mol. The molecule has 0 saturated carbocycles. The molecule has 0 N–H and O–H groups in total. The summed E-state index contributed by atoms with van der Waals surface area (Å²) in [5.74, 6) is 0. The molecule has 0 unspecified atom stereocenters. The lowest BCUT2D eigenvalue weighted by molar-refractivity contribution is 0.662. The molecule has 0 amide bonds. The molecule has 2 heteroatoms. The lowest BCUT2D eigenvalue weighted by Crippen LogP contribution is -2.14. The van der Waals surface area contributed by atoms with Crippen molar-refractivity contribution in [3.63, 3.8) is 0 Å². The van der Waals surface area contributed by atoms with Gasteiger partial charge in [-0.15, -0.1) is 0 Å². The number of fused-ring (bicyclic) bond motifs is 1. The van der Waals surface area contributed by atoms with Crippen molar-refractivity contribution in [1.29, 1.82) is 0 Å². The van der Waals surface area contributed by atoms with E-state index in [1.165, 1.54) is 55.7 Å². The summed E-state index contributed by atoms with van der Waals surface area (Å²) in [5.41, 5.74) is 18.7. The van der Waals surface area contributed by atoms with Crippen LogP contribution < -0.4 is 0 Å². The molecule has 1 heterocycles. The fraction of sp³-hybridized carbons (Fsp3) is 0.0816. The Morgan fingerprint density at radius 3 is 1.55 bits per heavy atom. The van der Waals surface area contributed by atoms with Crippen molar-refractivity contribution in [2.45, 2.75) is 26.2 Å². The maximum Gasteiger partial charge on any atom is 0.0715 e. The number of hydrogen-bond acceptors (Lipinski definition) is 2. The van der Waals surface area contributed by atoms with Crippen LogP contribution in [-0.2, 0) is 5.41 Å². The highest BCUT2D eigenvalue weighted by molar-refractivity contribution is 7.83. The van der Waals surface area contributed by atoms with E-state index >= 15 is 0 Å². The van der Waals surface area contributed by atoms with Gasteiger partial charge >= 0.3 is 0 Å². The molecule has 7 aromatic rings. The number of rotatable bonds is 6. The summed E-state index contributed by atoms with van der Waals surface area (Å²) in [5, 5.41) is 1.97. The lowest BCUT2D eigenvalue weighted by atomic mass is 9.82. The maximum absolute atomic E-state index is 5.11. The van der Waals surface area contributed by atoms with Crippen LogP contribution in [0.25, 0.3) is 72.6 Å². The molecule has 0 saturated heterocycles. The number of nitrogens with zero attached hydrogens (tertiary/aromatic N) is 1. The summed E-state index contributed by atoms with van der Waals surface area (Å²) in [7, 11) is 0. The topological polar surface area (TPSA) is 12.9 Å². The van der Waals surface area contributed by atoms with Crippen molar-refractivity contribution < 1.29 is 0 Å². The molecule has 1 aromatic heterocycles. The Morgan fingerprint density at radius 2 is 0.961 bits per heavy atom. The summed E-state index contributed by atoms with van der Waals surface area (Å²) < 4.78 is 0. The van der Waals surface area contributed by atoms with Gasteiger partial charge in [0, 0.05) is 16.5 Å². The Balaban J connectivity index is 1.25. The number of hydrogen-bond donors (Lipinski definition) is 1. The minimum atomic E-state index is -0.0833. The van der Waals surface area contributed by atoms with E-state index in [2.05, 4.69) is 191 Å². The van der Waals surface area contributed by atoms with Gasteiger partial charge in [0.25, 0.3) is 0 Å². The molecule has 51 heavy (non-hydrogen) atoms. The second kappa shape index (κ2) is 13.5. The maximum atomic E-state index is 5.11. The highest BCUT2D eigenvalue weighted by atomic mass is 32.1. The van der Waals surface area contributed by atoms with Crippen LogP contribution >= 0.6 is 12.6 Å². The first kappa shape index (κ1) is 32.5. The molecule has 8 rings (SSSR count). The van der Waals surface area contributed by atoms with Gasteiger partial charge in [-0.1, -0.05) is 153 Å². The quantitative estimate of drug-likeness (QED) is 0.173. The molecule has 0 spiro atoms. The molecular weight excluding hydrogens is 635 g/mol. The van der Waals surface area contributed by atoms with Gasteiger partial charge in [-0.3, -0.25) is 0 Å². The van der Waals surface area contributed by atoms with Gasteiger partial charge in [-0.2, -0.15) is 12.6 Å². The van der Waals surface area contributed by atoms with Crippen molar-refractivity contribution in [3.05, 3.63) is 192 Å².